The van der Waals surface area contributed by atoms with Crippen molar-refractivity contribution in [3.8, 4) is 5.88 Å². The van der Waals surface area contributed by atoms with Crippen LogP contribution in [0.1, 0.15) is 38.2 Å². The average Bonchev–Trinajstić information content (AvgIpc) is 3.31. The fraction of sp³-hybridized carbons (Fsp3) is 0.545. The fourth-order valence-electron chi connectivity index (χ4n) is 3.97. The third-order valence-corrected chi connectivity index (χ3v) is 5.58. The van der Waals surface area contributed by atoms with Crippen LogP contribution in [-0.4, -0.2) is 64.6 Å². The van der Waals surface area contributed by atoms with E-state index in [9.17, 15) is 0 Å². The quantitative estimate of drug-likeness (QED) is 0.580. The van der Waals surface area contributed by atoms with E-state index in [1.54, 1.807) is 18.6 Å². The van der Waals surface area contributed by atoms with Crippen molar-refractivity contribution in [2.24, 2.45) is 4.99 Å². The van der Waals surface area contributed by atoms with E-state index < -0.39 is 0 Å². The first kappa shape index (κ1) is 20.4. The molecule has 4 rings (SSSR count). The molecule has 0 unspecified atom stereocenters. The van der Waals surface area contributed by atoms with E-state index >= 15 is 0 Å². The third-order valence-electron chi connectivity index (χ3n) is 5.58. The molecule has 0 radical (unpaired) electrons. The molecule has 8 nitrogen and oxygen atoms in total. The highest BCUT2D eigenvalue weighted by atomic mass is 16.5. The van der Waals surface area contributed by atoms with Crippen molar-refractivity contribution in [2.45, 2.75) is 45.3 Å². The van der Waals surface area contributed by atoms with Crippen LogP contribution < -0.4 is 15.0 Å². The molecule has 0 amide bonds. The lowest BCUT2D eigenvalue weighted by Gasteiger charge is -2.36. The fourth-order valence-corrected chi connectivity index (χ4v) is 3.97. The van der Waals surface area contributed by atoms with Gasteiger partial charge < -0.3 is 19.9 Å². The van der Waals surface area contributed by atoms with Crippen molar-refractivity contribution in [1.82, 2.24) is 25.2 Å². The summed E-state index contributed by atoms with van der Waals surface area (Å²) in [4.78, 5) is 22.6. The summed E-state index contributed by atoms with van der Waals surface area (Å²) in [5.41, 5.74) is 1.04. The standard InChI is InChI=1S/C22H31N7O/c1-2-23-21(28-13-15-29(16-14-28)22-25-11-6-12-26-22)27-17-18-7-5-10-24-20(18)30-19-8-3-4-9-19/h5-7,10-12,19H,2-4,8-9,13-17H2,1H3,(H,23,27). The Kier molecular flexibility index (Phi) is 6.95. The molecule has 3 heterocycles. The van der Waals surface area contributed by atoms with Crippen molar-refractivity contribution in [3.63, 3.8) is 0 Å². The molecule has 8 heteroatoms. The second kappa shape index (κ2) is 10.2. The molecular formula is C22H31N7O. The van der Waals surface area contributed by atoms with Crippen LogP contribution >= 0.6 is 0 Å². The summed E-state index contributed by atoms with van der Waals surface area (Å²) in [5, 5.41) is 3.43. The maximum Gasteiger partial charge on any atom is 0.225 e. The number of rotatable bonds is 6. The van der Waals surface area contributed by atoms with Crippen LogP contribution in [0.3, 0.4) is 0 Å². The predicted molar refractivity (Wildman–Crippen MR) is 118 cm³/mol. The molecule has 160 valence electrons. The Balaban J connectivity index is 1.40. The monoisotopic (exact) mass is 409 g/mol. The van der Waals surface area contributed by atoms with E-state index in [0.717, 1.165) is 68.9 Å². The lowest BCUT2D eigenvalue weighted by molar-refractivity contribution is 0.199. The summed E-state index contributed by atoms with van der Waals surface area (Å²) in [7, 11) is 0. The van der Waals surface area contributed by atoms with Gasteiger partial charge >= 0.3 is 0 Å². The number of anilines is 1. The first-order chi connectivity index (χ1) is 14.8. The SMILES string of the molecule is CCNC(=NCc1cccnc1OC1CCCC1)N1CCN(c2ncccn2)CC1. The van der Waals surface area contributed by atoms with Crippen LogP contribution in [-0.2, 0) is 6.54 Å². The normalized spacial score (nSPS) is 18.0. The van der Waals surface area contributed by atoms with Gasteiger partial charge in [0.15, 0.2) is 5.96 Å². The van der Waals surface area contributed by atoms with Crippen LogP contribution in [0.5, 0.6) is 5.88 Å². The third kappa shape index (κ3) is 5.17. The molecule has 0 spiro atoms. The van der Waals surface area contributed by atoms with Gasteiger partial charge in [-0.15, -0.1) is 0 Å². The minimum absolute atomic E-state index is 0.296. The minimum atomic E-state index is 0.296. The van der Waals surface area contributed by atoms with Gasteiger partial charge in [0.2, 0.25) is 11.8 Å². The molecule has 1 N–H and O–H groups in total. The number of guanidine groups is 1. The Morgan fingerprint density at radius 1 is 1.07 bits per heavy atom. The topological polar surface area (TPSA) is 78.8 Å². The van der Waals surface area contributed by atoms with Crippen molar-refractivity contribution >= 4 is 11.9 Å². The molecule has 0 aromatic carbocycles. The first-order valence-corrected chi connectivity index (χ1v) is 11.0. The second-order valence-electron chi connectivity index (χ2n) is 7.69. The van der Waals surface area contributed by atoms with Gasteiger partial charge in [0.05, 0.1) is 6.54 Å². The number of nitrogens with one attached hydrogen (secondary N) is 1. The molecule has 1 saturated carbocycles. The number of pyridine rings is 1. The van der Waals surface area contributed by atoms with E-state index in [1.807, 2.05) is 12.1 Å². The van der Waals surface area contributed by atoms with Crippen molar-refractivity contribution in [1.29, 1.82) is 0 Å². The van der Waals surface area contributed by atoms with Crippen LogP contribution in [0.15, 0.2) is 41.8 Å². The number of aromatic nitrogens is 3. The van der Waals surface area contributed by atoms with Crippen molar-refractivity contribution < 1.29 is 4.74 Å². The van der Waals surface area contributed by atoms with Crippen LogP contribution in [0, 0.1) is 0 Å². The molecular weight excluding hydrogens is 378 g/mol. The van der Waals surface area contributed by atoms with Gasteiger partial charge in [0.1, 0.15) is 6.10 Å². The molecule has 30 heavy (non-hydrogen) atoms. The van der Waals surface area contributed by atoms with Gasteiger partial charge in [-0.1, -0.05) is 6.07 Å². The largest absolute Gasteiger partial charge is 0.474 e. The Hall–Kier alpha value is -2.90. The van der Waals surface area contributed by atoms with Gasteiger partial charge in [-0.2, -0.15) is 0 Å². The minimum Gasteiger partial charge on any atom is -0.474 e. The molecule has 0 atom stereocenters. The Labute approximate surface area is 178 Å². The van der Waals surface area contributed by atoms with Crippen molar-refractivity contribution in [3.05, 3.63) is 42.4 Å². The summed E-state index contributed by atoms with van der Waals surface area (Å²) in [6.07, 6.45) is 10.4. The van der Waals surface area contributed by atoms with E-state index in [2.05, 4.69) is 43.1 Å². The highest BCUT2D eigenvalue weighted by Crippen LogP contribution is 2.25. The molecule has 2 aromatic rings. The second-order valence-corrected chi connectivity index (χ2v) is 7.69. The number of hydrogen-bond donors (Lipinski definition) is 1. The predicted octanol–water partition coefficient (Wildman–Crippen LogP) is 2.48. The Morgan fingerprint density at radius 2 is 1.80 bits per heavy atom. The number of piperazine rings is 1. The van der Waals surface area contributed by atoms with Gasteiger partial charge in [-0.05, 0) is 44.7 Å². The van der Waals surface area contributed by atoms with E-state index in [1.165, 1.54) is 12.8 Å². The lowest BCUT2D eigenvalue weighted by Crippen LogP contribution is -2.53. The van der Waals surface area contributed by atoms with Gasteiger partial charge in [0.25, 0.3) is 0 Å². The highest BCUT2D eigenvalue weighted by molar-refractivity contribution is 5.80. The summed E-state index contributed by atoms with van der Waals surface area (Å²) in [6.45, 7) is 6.99. The van der Waals surface area contributed by atoms with Crippen LogP contribution in [0.2, 0.25) is 0 Å². The smallest absolute Gasteiger partial charge is 0.225 e. The average molecular weight is 410 g/mol. The Bertz CT molecular complexity index is 815. The molecule has 1 saturated heterocycles. The van der Waals surface area contributed by atoms with E-state index in [-0.39, 0.29) is 0 Å². The zero-order valence-corrected chi connectivity index (χ0v) is 17.7. The zero-order chi connectivity index (χ0) is 20.6. The first-order valence-electron chi connectivity index (χ1n) is 11.0. The summed E-state index contributed by atoms with van der Waals surface area (Å²) in [5.74, 6) is 2.46. The summed E-state index contributed by atoms with van der Waals surface area (Å²) in [6, 6.07) is 5.87. The molecule has 2 aliphatic rings. The lowest BCUT2D eigenvalue weighted by atomic mass is 10.2. The van der Waals surface area contributed by atoms with E-state index in [0.29, 0.717) is 12.6 Å². The number of nitrogens with zero attached hydrogens (tertiary/aromatic N) is 6. The Morgan fingerprint density at radius 3 is 2.53 bits per heavy atom. The molecule has 1 aliphatic carbocycles. The zero-order valence-electron chi connectivity index (χ0n) is 17.7. The summed E-state index contributed by atoms with van der Waals surface area (Å²) >= 11 is 0. The maximum absolute atomic E-state index is 6.17. The van der Waals surface area contributed by atoms with Crippen LogP contribution in [0.25, 0.3) is 0 Å². The van der Waals surface area contributed by atoms with E-state index in [4.69, 9.17) is 9.73 Å². The molecule has 2 fully saturated rings. The van der Waals surface area contributed by atoms with Gasteiger partial charge in [0, 0.05) is 56.9 Å². The molecule has 1 aliphatic heterocycles. The number of aliphatic imine (C=N–C) groups is 1. The van der Waals surface area contributed by atoms with Crippen molar-refractivity contribution in [2.75, 3.05) is 37.6 Å². The maximum atomic E-state index is 6.17. The molecule has 2 aromatic heterocycles. The van der Waals surface area contributed by atoms with Gasteiger partial charge in [-0.25, -0.2) is 19.9 Å². The highest BCUT2D eigenvalue weighted by Gasteiger charge is 2.22. The number of hydrogen-bond acceptors (Lipinski definition) is 6. The molecule has 0 bridgehead atoms. The number of ether oxygens (including phenoxy) is 1. The van der Waals surface area contributed by atoms with Crippen LogP contribution in [0.4, 0.5) is 5.95 Å². The van der Waals surface area contributed by atoms with Gasteiger partial charge in [-0.3, -0.25) is 0 Å². The summed E-state index contributed by atoms with van der Waals surface area (Å²) < 4.78 is 6.17.